The molecule has 2 aromatic rings. The van der Waals surface area contributed by atoms with Crippen LogP contribution in [0.5, 0.6) is 5.75 Å². The van der Waals surface area contributed by atoms with Crippen LogP contribution in [-0.2, 0) is 9.53 Å². The summed E-state index contributed by atoms with van der Waals surface area (Å²) in [6.45, 7) is 7.27. The zero-order chi connectivity index (χ0) is 18.6. The van der Waals surface area contributed by atoms with Crippen LogP contribution in [0.15, 0.2) is 30.5 Å². The van der Waals surface area contributed by atoms with Crippen molar-refractivity contribution in [2.75, 3.05) is 18.5 Å². The summed E-state index contributed by atoms with van der Waals surface area (Å²) in [7, 11) is 0. The molecule has 0 radical (unpaired) electrons. The highest BCUT2D eigenvalue weighted by Crippen LogP contribution is 2.43. The zero-order valence-corrected chi connectivity index (χ0v) is 15.9. The Kier molecular flexibility index (Phi) is 5.77. The Balaban J connectivity index is 1.87. The van der Waals surface area contributed by atoms with E-state index in [0.717, 1.165) is 48.0 Å². The Morgan fingerprint density at radius 1 is 1.23 bits per heavy atom. The summed E-state index contributed by atoms with van der Waals surface area (Å²) in [6.07, 6.45) is 5.65. The Morgan fingerprint density at radius 3 is 2.69 bits per heavy atom. The average molecular weight is 356 g/mol. The summed E-state index contributed by atoms with van der Waals surface area (Å²) in [4.78, 5) is 17.5. The van der Waals surface area contributed by atoms with Crippen LogP contribution in [0.2, 0.25) is 0 Å². The highest BCUT2D eigenvalue weighted by atomic mass is 16.5. The van der Waals surface area contributed by atoms with E-state index in [0.29, 0.717) is 19.1 Å². The highest BCUT2D eigenvalue weighted by molar-refractivity contribution is 6.05. The van der Waals surface area contributed by atoms with Crippen LogP contribution < -0.4 is 10.1 Å². The van der Waals surface area contributed by atoms with Gasteiger partial charge < -0.3 is 14.8 Å². The first-order valence-electron chi connectivity index (χ1n) is 9.56. The van der Waals surface area contributed by atoms with Crippen molar-refractivity contribution < 1.29 is 14.3 Å². The molecule has 1 aliphatic carbocycles. The maximum absolute atomic E-state index is 13.0. The number of fused-ring (bicyclic) bond motifs is 1. The molecule has 1 amide bonds. The number of hydrogen-bond acceptors (Lipinski definition) is 4. The minimum Gasteiger partial charge on any atom is -0.491 e. The summed E-state index contributed by atoms with van der Waals surface area (Å²) >= 11 is 0. The zero-order valence-electron chi connectivity index (χ0n) is 15.9. The number of nitrogens with one attached hydrogen (secondary N) is 1. The van der Waals surface area contributed by atoms with Gasteiger partial charge in [0.15, 0.2) is 0 Å². The summed E-state index contributed by atoms with van der Waals surface area (Å²) < 4.78 is 11.8. The lowest BCUT2D eigenvalue weighted by molar-refractivity contribution is -0.142. The van der Waals surface area contributed by atoms with Crippen molar-refractivity contribution in [3.63, 3.8) is 0 Å². The Bertz CT molecular complexity index is 773. The molecular weight excluding hydrogens is 328 g/mol. The minimum atomic E-state index is -0.776. The summed E-state index contributed by atoms with van der Waals surface area (Å²) in [6, 6.07) is 7.59. The predicted molar refractivity (Wildman–Crippen MR) is 104 cm³/mol. The molecule has 0 bridgehead atoms. The third kappa shape index (κ3) is 3.83. The molecule has 1 heterocycles. The number of anilines is 1. The number of carbonyl (C=O) groups is 1. The Labute approximate surface area is 155 Å². The van der Waals surface area contributed by atoms with Gasteiger partial charge in [-0.05, 0) is 62.8 Å². The third-order valence-electron chi connectivity index (χ3n) is 4.86. The summed E-state index contributed by atoms with van der Waals surface area (Å²) in [5.74, 6) is 0.957. The summed E-state index contributed by atoms with van der Waals surface area (Å²) in [5, 5.41) is 3.96. The fraction of sp³-hybridized carbons (Fsp3) is 0.524. The van der Waals surface area contributed by atoms with Crippen LogP contribution in [0, 0.1) is 5.92 Å². The quantitative estimate of drug-likeness (QED) is 0.716. The average Bonchev–Trinajstić information content (AvgIpc) is 3.51. The second-order valence-corrected chi connectivity index (χ2v) is 7.04. The van der Waals surface area contributed by atoms with Gasteiger partial charge in [0.25, 0.3) is 5.91 Å². The van der Waals surface area contributed by atoms with Crippen molar-refractivity contribution in [3.05, 3.63) is 30.5 Å². The van der Waals surface area contributed by atoms with Gasteiger partial charge in [0.05, 0.1) is 12.3 Å². The number of hydrogen-bond donors (Lipinski definition) is 1. The van der Waals surface area contributed by atoms with Crippen molar-refractivity contribution in [2.45, 2.75) is 52.1 Å². The first-order chi connectivity index (χ1) is 12.6. The number of nitrogens with zero attached hydrogens (tertiary/aromatic N) is 1. The second kappa shape index (κ2) is 8.04. The van der Waals surface area contributed by atoms with E-state index < -0.39 is 5.60 Å². The van der Waals surface area contributed by atoms with Crippen molar-refractivity contribution in [1.82, 2.24) is 4.98 Å². The number of pyridine rings is 1. The predicted octanol–water partition coefficient (Wildman–Crippen LogP) is 4.56. The molecule has 1 aromatic carbocycles. The molecule has 0 aliphatic heterocycles. The topological polar surface area (TPSA) is 60.5 Å². The monoisotopic (exact) mass is 356 g/mol. The molecular formula is C21H28N2O3. The van der Waals surface area contributed by atoms with Crippen molar-refractivity contribution in [1.29, 1.82) is 0 Å². The van der Waals surface area contributed by atoms with E-state index in [1.54, 1.807) is 6.20 Å². The van der Waals surface area contributed by atoms with E-state index in [1.807, 2.05) is 31.2 Å². The molecule has 1 saturated carbocycles. The minimum absolute atomic E-state index is 0.0826. The van der Waals surface area contributed by atoms with Gasteiger partial charge in [-0.1, -0.05) is 13.8 Å². The first kappa shape index (κ1) is 18.6. The molecule has 1 atom stereocenters. The van der Waals surface area contributed by atoms with Gasteiger partial charge in [-0.25, -0.2) is 0 Å². The Hall–Kier alpha value is -2.14. The van der Waals surface area contributed by atoms with Crippen molar-refractivity contribution in [2.24, 2.45) is 5.92 Å². The molecule has 5 heteroatoms. The lowest BCUT2D eigenvalue weighted by Crippen LogP contribution is -2.45. The number of aromatic nitrogens is 1. The SMILES string of the molecule is CCCOc1ccc(NC(=O)[C@](C)(OCCC)C2CC2)c2cccnc12. The largest absolute Gasteiger partial charge is 0.491 e. The third-order valence-corrected chi connectivity index (χ3v) is 4.86. The molecule has 0 unspecified atom stereocenters. The number of amides is 1. The normalized spacial score (nSPS) is 16.3. The molecule has 1 aliphatic rings. The maximum Gasteiger partial charge on any atom is 0.256 e. The van der Waals surface area contributed by atoms with Crippen LogP contribution in [0.3, 0.4) is 0 Å². The van der Waals surface area contributed by atoms with Crippen LogP contribution in [0.25, 0.3) is 10.9 Å². The lowest BCUT2D eigenvalue weighted by Gasteiger charge is -2.29. The molecule has 3 rings (SSSR count). The van der Waals surface area contributed by atoms with Gasteiger partial charge >= 0.3 is 0 Å². The fourth-order valence-electron chi connectivity index (χ4n) is 3.15. The van der Waals surface area contributed by atoms with E-state index in [-0.39, 0.29) is 5.91 Å². The Morgan fingerprint density at radius 2 is 2.00 bits per heavy atom. The summed E-state index contributed by atoms with van der Waals surface area (Å²) in [5.41, 5.74) is 0.734. The van der Waals surface area contributed by atoms with E-state index in [4.69, 9.17) is 9.47 Å². The molecule has 1 fully saturated rings. The number of benzene rings is 1. The number of ether oxygens (including phenoxy) is 2. The van der Waals surface area contributed by atoms with Crippen molar-refractivity contribution >= 4 is 22.5 Å². The molecule has 26 heavy (non-hydrogen) atoms. The maximum atomic E-state index is 13.0. The molecule has 140 valence electrons. The van der Waals surface area contributed by atoms with Gasteiger partial charge in [-0.2, -0.15) is 0 Å². The van der Waals surface area contributed by atoms with E-state index in [1.165, 1.54) is 0 Å². The van der Waals surface area contributed by atoms with E-state index in [9.17, 15) is 4.79 Å². The number of rotatable bonds is 9. The van der Waals surface area contributed by atoms with Crippen LogP contribution in [-0.4, -0.2) is 29.7 Å². The number of carbonyl (C=O) groups excluding carboxylic acids is 1. The van der Waals surface area contributed by atoms with Crippen molar-refractivity contribution in [3.8, 4) is 5.75 Å². The smallest absolute Gasteiger partial charge is 0.256 e. The van der Waals surface area contributed by atoms with Crippen LogP contribution in [0.4, 0.5) is 5.69 Å². The van der Waals surface area contributed by atoms with Gasteiger partial charge in [0, 0.05) is 18.2 Å². The lowest BCUT2D eigenvalue weighted by atomic mass is 9.98. The van der Waals surface area contributed by atoms with Crippen LogP contribution in [0.1, 0.15) is 46.5 Å². The van der Waals surface area contributed by atoms with E-state index >= 15 is 0 Å². The molecule has 0 spiro atoms. The molecule has 5 nitrogen and oxygen atoms in total. The second-order valence-electron chi connectivity index (χ2n) is 7.04. The molecule has 1 N–H and O–H groups in total. The fourth-order valence-corrected chi connectivity index (χ4v) is 3.15. The van der Waals surface area contributed by atoms with Gasteiger partial charge in [-0.15, -0.1) is 0 Å². The van der Waals surface area contributed by atoms with Gasteiger partial charge in [0.2, 0.25) is 0 Å². The molecule has 1 aromatic heterocycles. The highest BCUT2D eigenvalue weighted by Gasteiger charge is 2.48. The standard InChI is InChI=1S/C21H28N2O3/c1-4-13-25-18-11-10-17(16-7-6-12-22-19(16)18)23-20(24)21(3,15-8-9-15)26-14-5-2/h6-7,10-12,15H,4-5,8-9,13-14H2,1-3H3,(H,23,24)/t21-/m1/s1. The van der Waals surface area contributed by atoms with Gasteiger partial charge in [-0.3, -0.25) is 9.78 Å². The van der Waals surface area contributed by atoms with Crippen LogP contribution >= 0.6 is 0 Å². The van der Waals surface area contributed by atoms with Gasteiger partial charge in [0.1, 0.15) is 16.9 Å². The first-order valence-corrected chi connectivity index (χ1v) is 9.56. The molecule has 0 saturated heterocycles. The van der Waals surface area contributed by atoms with E-state index in [2.05, 4.69) is 24.1 Å².